The minimum absolute atomic E-state index is 0.0507. The number of amides is 1. The molecule has 0 saturated carbocycles. The van der Waals surface area contributed by atoms with Crippen LogP contribution in [0.4, 0.5) is 14.5 Å². The van der Waals surface area contributed by atoms with E-state index in [0.29, 0.717) is 25.7 Å². The van der Waals surface area contributed by atoms with Crippen LogP contribution in [-0.4, -0.2) is 24.0 Å². The lowest BCUT2D eigenvalue weighted by atomic mass is 10.2. The molecular formula is C13H15F2NO3. The number of carbonyl (C=O) groups is 2. The smallest absolute Gasteiger partial charge is 0.303 e. The minimum atomic E-state index is -0.882. The summed E-state index contributed by atoms with van der Waals surface area (Å²) in [7, 11) is 0. The van der Waals surface area contributed by atoms with Crippen molar-refractivity contribution in [1.82, 2.24) is 0 Å². The molecule has 1 aromatic carbocycles. The molecule has 1 amide bonds. The van der Waals surface area contributed by atoms with E-state index in [9.17, 15) is 18.4 Å². The van der Waals surface area contributed by atoms with Crippen molar-refractivity contribution in [2.24, 2.45) is 0 Å². The zero-order valence-electron chi connectivity index (χ0n) is 10.3. The fraction of sp³-hybridized carbons (Fsp3) is 0.385. The van der Waals surface area contributed by atoms with Crippen LogP contribution in [0, 0.1) is 11.6 Å². The molecule has 0 aromatic heterocycles. The summed E-state index contributed by atoms with van der Waals surface area (Å²) in [5, 5.41) is 8.45. The second-order valence-corrected chi connectivity index (χ2v) is 4.07. The zero-order chi connectivity index (χ0) is 14.3. The Hall–Kier alpha value is -1.98. The van der Waals surface area contributed by atoms with Crippen LogP contribution in [0.15, 0.2) is 18.2 Å². The third-order valence-electron chi connectivity index (χ3n) is 2.64. The van der Waals surface area contributed by atoms with Gasteiger partial charge in [0.05, 0.1) is 0 Å². The summed E-state index contributed by atoms with van der Waals surface area (Å²) in [6.45, 7) is 0.154. The molecular weight excluding hydrogens is 256 g/mol. The molecule has 0 saturated heterocycles. The summed E-state index contributed by atoms with van der Waals surface area (Å²) in [5.41, 5.74) is -0.365. The standard InChI is InChI=1S/C13H15F2NO3/c14-10-5-4-6-11(15)13(10)16(9-17)8-3-1-2-7-12(18)19/h4-6,9H,1-3,7-8H2,(H,18,19). The number of nitrogens with zero attached hydrogens (tertiary/aromatic N) is 1. The quantitative estimate of drug-likeness (QED) is 0.584. The van der Waals surface area contributed by atoms with Crippen LogP contribution in [0.3, 0.4) is 0 Å². The van der Waals surface area contributed by atoms with Crippen molar-refractivity contribution in [3.63, 3.8) is 0 Å². The van der Waals surface area contributed by atoms with E-state index in [1.807, 2.05) is 0 Å². The van der Waals surface area contributed by atoms with Crippen molar-refractivity contribution in [3.05, 3.63) is 29.8 Å². The van der Waals surface area contributed by atoms with Gasteiger partial charge in [-0.3, -0.25) is 9.59 Å². The van der Waals surface area contributed by atoms with Crippen molar-refractivity contribution in [2.45, 2.75) is 25.7 Å². The van der Waals surface area contributed by atoms with E-state index < -0.39 is 17.6 Å². The second kappa shape index (κ2) is 7.45. The van der Waals surface area contributed by atoms with Gasteiger partial charge in [-0.05, 0) is 25.0 Å². The van der Waals surface area contributed by atoms with Gasteiger partial charge in [0.2, 0.25) is 6.41 Å². The van der Waals surface area contributed by atoms with E-state index in [1.54, 1.807) is 0 Å². The van der Waals surface area contributed by atoms with Gasteiger partial charge in [-0.15, -0.1) is 0 Å². The van der Waals surface area contributed by atoms with Gasteiger partial charge in [-0.1, -0.05) is 12.5 Å². The molecule has 0 aliphatic rings. The summed E-state index contributed by atoms with van der Waals surface area (Å²) in [4.78, 5) is 22.1. The Bertz CT molecular complexity index is 431. The molecule has 1 rings (SSSR count). The number of para-hydroxylation sites is 1. The highest BCUT2D eigenvalue weighted by atomic mass is 19.1. The SMILES string of the molecule is O=CN(CCCCCC(=O)O)c1c(F)cccc1F. The third kappa shape index (κ3) is 4.65. The molecule has 1 aromatic rings. The summed E-state index contributed by atoms with van der Waals surface area (Å²) in [5.74, 6) is -2.47. The Morgan fingerprint density at radius 1 is 1.21 bits per heavy atom. The number of hydrogen-bond donors (Lipinski definition) is 1. The molecule has 0 unspecified atom stereocenters. The topological polar surface area (TPSA) is 57.6 Å². The van der Waals surface area contributed by atoms with Crippen molar-refractivity contribution in [1.29, 1.82) is 0 Å². The highest BCUT2D eigenvalue weighted by Crippen LogP contribution is 2.22. The van der Waals surface area contributed by atoms with E-state index in [2.05, 4.69) is 0 Å². The van der Waals surface area contributed by atoms with E-state index in [-0.39, 0.29) is 18.7 Å². The summed E-state index contributed by atoms with van der Waals surface area (Å²) in [6, 6.07) is 3.39. The van der Waals surface area contributed by atoms with Crippen LogP contribution in [0.1, 0.15) is 25.7 Å². The van der Waals surface area contributed by atoms with E-state index in [4.69, 9.17) is 5.11 Å². The number of carbonyl (C=O) groups excluding carboxylic acids is 1. The van der Waals surface area contributed by atoms with Crippen LogP contribution < -0.4 is 4.90 Å². The van der Waals surface area contributed by atoms with Gasteiger partial charge >= 0.3 is 5.97 Å². The number of rotatable bonds is 8. The van der Waals surface area contributed by atoms with Crippen molar-refractivity contribution < 1.29 is 23.5 Å². The number of anilines is 1. The normalized spacial score (nSPS) is 10.2. The number of unbranched alkanes of at least 4 members (excludes halogenated alkanes) is 2. The van der Waals surface area contributed by atoms with Gasteiger partial charge < -0.3 is 10.0 Å². The molecule has 1 N–H and O–H groups in total. The molecule has 0 heterocycles. The highest BCUT2D eigenvalue weighted by Gasteiger charge is 2.15. The molecule has 0 aliphatic carbocycles. The molecule has 104 valence electrons. The van der Waals surface area contributed by atoms with E-state index >= 15 is 0 Å². The van der Waals surface area contributed by atoms with Crippen molar-refractivity contribution >= 4 is 18.1 Å². The summed E-state index contributed by atoms with van der Waals surface area (Å²) in [6.07, 6.45) is 1.96. The lowest BCUT2D eigenvalue weighted by Gasteiger charge is -2.18. The van der Waals surface area contributed by atoms with E-state index in [0.717, 1.165) is 17.0 Å². The Balaban J connectivity index is 2.54. The van der Waals surface area contributed by atoms with Gasteiger partial charge in [-0.2, -0.15) is 0 Å². The third-order valence-corrected chi connectivity index (χ3v) is 2.64. The molecule has 0 aliphatic heterocycles. The van der Waals surface area contributed by atoms with Crippen LogP contribution in [0.5, 0.6) is 0 Å². The first kappa shape index (κ1) is 15.1. The molecule has 0 bridgehead atoms. The first-order chi connectivity index (χ1) is 9.06. The average Bonchev–Trinajstić information content (AvgIpc) is 2.35. The number of halogens is 2. The first-order valence-corrected chi connectivity index (χ1v) is 5.94. The average molecular weight is 271 g/mol. The number of aliphatic carboxylic acids is 1. The number of carboxylic acids is 1. The van der Waals surface area contributed by atoms with Gasteiger partial charge in [0.1, 0.15) is 17.3 Å². The van der Waals surface area contributed by atoms with Gasteiger partial charge in [0, 0.05) is 13.0 Å². The minimum Gasteiger partial charge on any atom is -0.481 e. The molecule has 0 fully saturated rings. The maximum Gasteiger partial charge on any atom is 0.303 e. The Kier molecular flexibility index (Phi) is 5.92. The van der Waals surface area contributed by atoms with Crippen LogP contribution in [-0.2, 0) is 9.59 Å². The number of hydrogen-bond acceptors (Lipinski definition) is 2. The second-order valence-electron chi connectivity index (χ2n) is 4.07. The Morgan fingerprint density at radius 2 is 1.84 bits per heavy atom. The molecule has 0 atom stereocenters. The molecule has 4 nitrogen and oxygen atoms in total. The molecule has 19 heavy (non-hydrogen) atoms. The van der Waals surface area contributed by atoms with Crippen molar-refractivity contribution in [3.8, 4) is 0 Å². The van der Waals surface area contributed by atoms with Gasteiger partial charge in [0.15, 0.2) is 0 Å². The summed E-state index contributed by atoms with van der Waals surface area (Å²) < 4.78 is 26.9. The number of carboxylic acid groups (broad SMARTS) is 1. The lowest BCUT2D eigenvalue weighted by Crippen LogP contribution is -2.24. The highest BCUT2D eigenvalue weighted by molar-refractivity contribution is 5.75. The van der Waals surface area contributed by atoms with Crippen LogP contribution >= 0.6 is 0 Å². The molecule has 0 spiro atoms. The predicted octanol–water partition coefficient (Wildman–Crippen LogP) is 2.57. The largest absolute Gasteiger partial charge is 0.481 e. The maximum absolute atomic E-state index is 13.5. The summed E-state index contributed by atoms with van der Waals surface area (Å²) >= 11 is 0. The molecule has 6 heteroatoms. The zero-order valence-corrected chi connectivity index (χ0v) is 10.3. The van der Waals surface area contributed by atoms with Gasteiger partial charge in [0.25, 0.3) is 0 Å². The fourth-order valence-electron chi connectivity index (χ4n) is 1.72. The monoisotopic (exact) mass is 271 g/mol. The Morgan fingerprint density at radius 3 is 2.37 bits per heavy atom. The van der Waals surface area contributed by atoms with E-state index in [1.165, 1.54) is 6.07 Å². The Labute approximate surface area is 109 Å². The van der Waals surface area contributed by atoms with Crippen LogP contribution in [0.25, 0.3) is 0 Å². The predicted molar refractivity (Wildman–Crippen MR) is 65.9 cm³/mol. The number of benzene rings is 1. The maximum atomic E-state index is 13.5. The fourth-order valence-corrected chi connectivity index (χ4v) is 1.72. The molecule has 0 radical (unpaired) electrons. The van der Waals surface area contributed by atoms with Crippen molar-refractivity contribution in [2.75, 3.05) is 11.4 Å². The lowest BCUT2D eigenvalue weighted by molar-refractivity contribution is -0.137. The van der Waals surface area contributed by atoms with Gasteiger partial charge in [-0.25, -0.2) is 8.78 Å². The van der Waals surface area contributed by atoms with Crippen LogP contribution in [0.2, 0.25) is 0 Å². The first-order valence-electron chi connectivity index (χ1n) is 5.94.